The van der Waals surface area contributed by atoms with Crippen LogP contribution in [0.2, 0.25) is 0 Å². The highest BCUT2D eigenvalue weighted by atomic mass is 19.1. The van der Waals surface area contributed by atoms with Gasteiger partial charge in [0, 0.05) is 0 Å². The van der Waals surface area contributed by atoms with Crippen LogP contribution < -0.4 is 0 Å². The third-order valence-corrected chi connectivity index (χ3v) is 1.31. The van der Waals surface area contributed by atoms with Crippen molar-refractivity contribution in [1.29, 1.82) is 0 Å². The summed E-state index contributed by atoms with van der Waals surface area (Å²) in [4.78, 5) is 0. The van der Waals surface area contributed by atoms with Gasteiger partial charge in [0.15, 0.2) is 0 Å². The molecule has 0 aromatic heterocycles. The molecule has 0 spiro atoms. The van der Waals surface area contributed by atoms with Crippen molar-refractivity contribution in [3.63, 3.8) is 0 Å². The minimum absolute atomic E-state index is 0.622. The van der Waals surface area contributed by atoms with Gasteiger partial charge in [0.25, 0.3) is 0 Å². The van der Waals surface area contributed by atoms with Gasteiger partial charge in [-0.3, -0.25) is 0 Å². The van der Waals surface area contributed by atoms with Crippen LogP contribution in [0.15, 0.2) is 0 Å². The average molecular weight is 130 g/mol. The Kier molecular flexibility index (Phi) is 7.87. The van der Waals surface area contributed by atoms with Gasteiger partial charge >= 0.3 is 0 Å². The molecule has 0 saturated carbocycles. The number of hydrogen-bond acceptors (Lipinski definition) is 0. The molecule has 54 valence electrons. The lowest BCUT2D eigenvalue weighted by Gasteiger charge is -1.94. The SMILES string of the molecule is [CH2]CCCCCC[CH]F. The van der Waals surface area contributed by atoms with Crippen LogP contribution in [0.4, 0.5) is 4.39 Å². The van der Waals surface area contributed by atoms with Crippen molar-refractivity contribution in [2.45, 2.75) is 38.5 Å². The van der Waals surface area contributed by atoms with Crippen LogP contribution >= 0.6 is 0 Å². The Morgan fingerprint density at radius 2 is 1.78 bits per heavy atom. The first-order valence-electron chi connectivity index (χ1n) is 3.63. The van der Waals surface area contributed by atoms with E-state index in [1.54, 1.807) is 0 Å². The molecule has 0 aromatic rings. The quantitative estimate of drug-likeness (QED) is 0.484. The maximum Gasteiger partial charge on any atom is 0.131 e. The molecule has 0 rings (SSSR count). The van der Waals surface area contributed by atoms with Crippen molar-refractivity contribution in [2.24, 2.45) is 0 Å². The van der Waals surface area contributed by atoms with Crippen LogP contribution in [0.25, 0.3) is 0 Å². The third-order valence-electron chi connectivity index (χ3n) is 1.31. The summed E-state index contributed by atoms with van der Waals surface area (Å²) in [7, 11) is 0. The summed E-state index contributed by atoms with van der Waals surface area (Å²) in [6.45, 7) is 4.46. The van der Waals surface area contributed by atoms with Gasteiger partial charge in [-0.25, -0.2) is 4.39 Å². The monoisotopic (exact) mass is 130 g/mol. The highest BCUT2D eigenvalue weighted by molar-refractivity contribution is 4.50. The molecule has 0 N–H and O–H groups in total. The van der Waals surface area contributed by atoms with E-state index in [1.165, 1.54) is 12.8 Å². The Labute approximate surface area is 57.5 Å². The van der Waals surface area contributed by atoms with Gasteiger partial charge < -0.3 is 0 Å². The van der Waals surface area contributed by atoms with Crippen molar-refractivity contribution >= 4 is 0 Å². The molecule has 0 fully saturated rings. The molecule has 0 aromatic carbocycles. The summed E-state index contributed by atoms with van der Waals surface area (Å²) in [5.41, 5.74) is 0. The first-order valence-corrected chi connectivity index (χ1v) is 3.63. The van der Waals surface area contributed by atoms with Crippen molar-refractivity contribution in [1.82, 2.24) is 0 Å². The zero-order valence-electron chi connectivity index (χ0n) is 5.91. The van der Waals surface area contributed by atoms with Gasteiger partial charge in [-0.2, -0.15) is 0 Å². The lowest BCUT2D eigenvalue weighted by molar-refractivity contribution is 0.538. The van der Waals surface area contributed by atoms with Gasteiger partial charge in [-0.1, -0.05) is 39.0 Å². The first-order chi connectivity index (χ1) is 4.41. The molecule has 0 nitrogen and oxygen atoms in total. The van der Waals surface area contributed by atoms with E-state index in [1.807, 2.05) is 0 Å². The standard InChI is InChI=1S/C8H15F/c1-2-3-4-5-6-7-8-9/h8H,1-7H2. The summed E-state index contributed by atoms with van der Waals surface area (Å²) in [6, 6.07) is 0. The van der Waals surface area contributed by atoms with Gasteiger partial charge in [-0.05, 0) is 6.42 Å². The topological polar surface area (TPSA) is 0 Å². The van der Waals surface area contributed by atoms with Crippen LogP contribution in [-0.2, 0) is 0 Å². The lowest BCUT2D eigenvalue weighted by atomic mass is 10.1. The van der Waals surface area contributed by atoms with E-state index in [4.69, 9.17) is 0 Å². The molecule has 0 unspecified atom stereocenters. The molecular formula is C8H15F. The maximum atomic E-state index is 11.4. The number of hydrogen-bond donors (Lipinski definition) is 0. The predicted molar refractivity (Wildman–Crippen MR) is 38.5 cm³/mol. The van der Waals surface area contributed by atoms with Crippen molar-refractivity contribution in [2.75, 3.05) is 0 Å². The second kappa shape index (κ2) is 7.93. The van der Waals surface area contributed by atoms with Crippen LogP contribution in [0.5, 0.6) is 0 Å². The van der Waals surface area contributed by atoms with Gasteiger partial charge in [-0.15, -0.1) is 0 Å². The maximum absolute atomic E-state index is 11.4. The summed E-state index contributed by atoms with van der Waals surface area (Å²) >= 11 is 0. The Balaban J connectivity index is 2.60. The normalized spacial score (nSPS) is 10.0. The second-order valence-electron chi connectivity index (χ2n) is 2.21. The summed E-state index contributed by atoms with van der Waals surface area (Å²) < 4.78 is 11.4. The van der Waals surface area contributed by atoms with E-state index in [-0.39, 0.29) is 0 Å². The van der Waals surface area contributed by atoms with E-state index in [9.17, 15) is 4.39 Å². The Morgan fingerprint density at radius 1 is 1.11 bits per heavy atom. The zero-order chi connectivity index (χ0) is 6.95. The minimum Gasteiger partial charge on any atom is -0.244 e. The van der Waals surface area contributed by atoms with Gasteiger partial charge in [0.1, 0.15) is 6.67 Å². The van der Waals surface area contributed by atoms with Crippen LogP contribution in [0.3, 0.4) is 0 Å². The molecule has 0 amide bonds. The van der Waals surface area contributed by atoms with E-state index < -0.39 is 0 Å². The molecule has 0 saturated heterocycles. The van der Waals surface area contributed by atoms with Crippen LogP contribution in [0.1, 0.15) is 38.5 Å². The third kappa shape index (κ3) is 7.93. The highest BCUT2D eigenvalue weighted by Crippen LogP contribution is 2.05. The molecule has 0 atom stereocenters. The van der Waals surface area contributed by atoms with Crippen LogP contribution in [0, 0.1) is 13.6 Å². The lowest BCUT2D eigenvalue weighted by Crippen LogP contribution is -1.76. The fourth-order valence-electron chi connectivity index (χ4n) is 0.752. The number of unbranched alkanes of at least 4 members (excludes halogenated alkanes) is 5. The molecule has 0 aliphatic rings. The molecular weight excluding hydrogens is 115 g/mol. The second-order valence-corrected chi connectivity index (χ2v) is 2.21. The fraction of sp³-hybridized carbons (Fsp3) is 0.750. The molecule has 2 radical (unpaired) electrons. The summed E-state index contributed by atoms with van der Waals surface area (Å²) in [6.07, 6.45) is 6.17. The highest BCUT2D eigenvalue weighted by Gasteiger charge is 1.87. The fourth-order valence-corrected chi connectivity index (χ4v) is 0.752. The van der Waals surface area contributed by atoms with Crippen molar-refractivity contribution in [3.05, 3.63) is 13.6 Å². The summed E-state index contributed by atoms with van der Waals surface area (Å²) in [5.74, 6) is 0. The molecule has 0 bridgehead atoms. The Hall–Kier alpha value is -0.0700. The van der Waals surface area contributed by atoms with Gasteiger partial charge in [0.05, 0.1) is 0 Å². The van der Waals surface area contributed by atoms with E-state index >= 15 is 0 Å². The van der Waals surface area contributed by atoms with Crippen LogP contribution in [-0.4, -0.2) is 0 Å². The van der Waals surface area contributed by atoms with E-state index in [0.29, 0.717) is 6.42 Å². The van der Waals surface area contributed by atoms with Crippen molar-refractivity contribution in [3.8, 4) is 0 Å². The zero-order valence-corrected chi connectivity index (χ0v) is 5.91. The number of halogens is 1. The molecule has 0 heterocycles. The predicted octanol–water partition coefficient (Wildman–Crippen LogP) is 3.29. The molecule has 1 heteroatoms. The van der Waals surface area contributed by atoms with E-state index in [2.05, 4.69) is 6.92 Å². The molecule has 0 aliphatic carbocycles. The molecule has 9 heavy (non-hydrogen) atoms. The van der Waals surface area contributed by atoms with Crippen molar-refractivity contribution < 1.29 is 4.39 Å². The first kappa shape index (κ1) is 8.93. The largest absolute Gasteiger partial charge is 0.244 e. The Morgan fingerprint density at radius 3 is 2.33 bits per heavy atom. The average Bonchev–Trinajstić information content (AvgIpc) is 1.89. The van der Waals surface area contributed by atoms with E-state index in [0.717, 1.165) is 25.9 Å². The minimum atomic E-state index is 0.622. The number of rotatable bonds is 6. The van der Waals surface area contributed by atoms with Gasteiger partial charge in [0.2, 0.25) is 0 Å². The molecule has 0 aliphatic heterocycles. The smallest absolute Gasteiger partial charge is 0.131 e. The summed E-state index contributed by atoms with van der Waals surface area (Å²) in [5, 5.41) is 0. The Bertz CT molecular complexity index is 37.8.